The molecule has 0 fully saturated rings. The zero-order valence-electron chi connectivity index (χ0n) is 14.8. The van der Waals surface area contributed by atoms with Crippen LogP contribution in [0.4, 0.5) is 5.69 Å². The van der Waals surface area contributed by atoms with Gasteiger partial charge < -0.3 is 24.3 Å². The van der Waals surface area contributed by atoms with E-state index in [4.69, 9.17) is 30.5 Å². The third-order valence-electron chi connectivity index (χ3n) is 3.81. The van der Waals surface area contributed by atoms with Crippen LogP contribution in [0.15, 0.2) is 36.4 Å². The summed E-state index contributed by atoms with van der Waals surface area (Å²) >= 11 is 5.89. The summed E-state index contributed by atoms with van der Waals surface area (Å²) in [7, 11) is 1.46. The minimum absolute atomic E-state index is 0.193. The van der Waals surface area contributed by atoms with E-state index in [1.165, 1.54) is 26.2 Å². The third-order valence-corrected chi connectivity index (χ3v) is 4.04. The highest BCUT2D eigenvalue weighted by molar-refractivity contribution is 6.30. The Morgan fingerprint density at radius 2 is 1.96 bits per heavy atom. The smallest absolute Gasteiger partial charge is 0.339 e. The Hall–Kier alpha value is -2.93. The molecular formula is C19H18ClNO6. The standard InChI is InChI=1S/C19H18ClNO6/c1-11(18(22)21-14-5-3-4-13(20)10-14)27-19(23)12-8-15(24-2)17-16(9-12)25-6-7-26-17/h3-5,8-11H,6-7H2,1-2H3,(H,21,22)/t11-/m1/s1. The number of hydrogen-bond donors (Lipinski definition) is 1. The summed E-state index contributed by atoms with van der Waals surface area (Å²) in [6, 6.07) is 9.66. The summed E-state index contributed by atoms with van der Waals surface area (Å²) in [6.45, 7) is 2.24. The summed E-state index contributed by atoms with van der Waals surface area (Å²) in [6.07, 6.45) is -1.02. The Kier molecular flexibility index (Phi) is 5.71. The third kappa shape index (κ3) is 4.43. The van der Waals surface area contributed by atoms with Gasteiger partial charge in [0.15, 0.2) is 17.6 Å². The number of rotatable bonds is 5. The van der Waals surface area contributed by atoms with Crippen molar-refractivity contribution in [3.8, 4) is 17.2 Å². The Balaban J connectivity index is 1.70. The number of fused-ring (bicyclic) bond motifs is 1. The molecule has 8 heteroatoms. The van der Waals surface area contributed by atoms with Gasteiger partial charge in [-0.05, 0) is 37.3 Å². The Labute approximate surface area is 161 Å². The number of carbonyl (C=O) groups excluding carboxylic acids is 2. The lowest BCUT2D eigenvalue weighted by molar-refractivity contribution is -0.123. The number of amides is 1. The molecule has 0 bridgehead atoms. The van der Waals surface area contributed by atoms with Crippen molar-refractivity contribution >= 4 is 29.2 Å². The predicted octanol–water partition coefficient (Wildman–Crippen LogP) is 3.30. The molecule has 0 radical (unpaired) electrons. The van der Waals surface area contributed by atoms with Crippen molar-refractivity contribution in [1.29, 1.82) is 0 Å². The molecule has 0 saturated carbocycles. The van der Waals surface area contributed by atoms with E-state index in [-0.39, 0.29) is 5.56 Å². The number of hydrogen-bond acceptors (Lipinski definition) is 6. The number of methoxy groups -OCH3 is 1. The van der Waals surface area contributed by atoms with Crippen molar-refractivity contribution in [3.63, 3.8) is 0 Å². The number of anilines is 1. The molecule has 1 amide bonds. The minimum Gasteiger partial charge on any atom is -0.493 e. The zero-order chi connectivity index (χ0) is 19.4. The van der Waals surface area contributed by atoms with Crippen LogP contribution >= 0.6 is 11.6 Å². The molecule has 2 aromatic carbocycles. The average molecular weight is 392 g/mol. The quantitative estimate of drug-likeness (QED) is 0.787. The lowest BCUT2D eigenvalue weighted by Crippen LogP contribution is -2.30. The first kappa shape index (κ1) is 18.8. The molecule has 0 spiro atoms. The molecule has 142 valence electrons. The van der Waals surface area contributed by atoms with Crippen molar-refractivity contribution in [2.75, 3.05) is 25.6 Å². The average Bonchev–Trinajstić information content (AvgIpc) is 2.66. The predicted molar refractivity (Wildman–Crippen MR) is 98.9 cm³/mol. The first-order valence-electron chi connectivity index (χ1n) is 8.23. The van der Waals surface area contributed by atoms with Gasteiger partial charge >= 0.3 is 5.97 Å². The maximum atomic E-state index is 12.4. The molecule has 1 aliphatic rings. The zero-order valence-corrected chi connectivity index (χ0v) is 15.5. The van der Waals surface area contributed by atoms with Gasteiger partial charge in [-0.25, -0.2) is 4.79 Å². The van der Waals surface area contributed by atoms with Crippen molar-refractivity contribution in [2.45, 2.75) is 13.0 Å². The molecular weight excluding hydrogens is 374 g/mol. The molecule has 0 saturated heterocycles. The van der Waals surface area contributed by atoms with Crippen molar-refractivity contribution in [2.24, 2.45) is 0 Å². The van der Waals surface area contributed by atoms with E-state index >= 15 is 0 Å². The first-order valence-corrected chi connectivity index (χ1v) is 8.61. The van der Waals surface area contributed by atoms with E-state index in [9.17, 15) is 9.59 Å². The molecule has 1 atom stereocenters. The van der Waals surface area contributed by atoms with Crippen molar-refractivity contribution in [1.82, 2.24) is 0 Å². The number of nitrogens with one attached hydrogen (secondary N) is 1. The molecule has 3 rings (SSSR count). The van der Waals surface area contributed by atoms with Gasteiger partial charge in [-0.3, -0.25) is 4.79 Å². The lowest BCUT2D eigenvalue weighted by atomic mass is 10.1. The normalized spacial score (nSPS) is 13.4. The van der Waals surface area contributed by atoms with Gasteiger partial charge in [-0.2, -0.15) is 0 Å². The summed E-state index contributed by atoms with van der Waals surface area (Å²) in [5.41, 5.74) is 0.704. The molecule has 27 heavy (non-hydrogen) atoms. The molecule has 0 aliphatic carbocycles. The molecule has 1 heterocycles. The minimum atomic E-state index is -1.02. The number of halogens is 1. The first-order chi connectivity index (χ1) is 13.0. The molecule has 1 N–H and O–H groups in total. The second-order valence-corrected chi connectivity index (χ2v) is 6.19. The van der Waals surface area contributed by atoms with Crippen LogP contribution in [-0.2, 0) is 9.53 Å². The molecule has 1 aliphatic heterocycles. The maximum absolute atomic E-state index is 12.4. The highest BCUT2D eigenvalue weighted by Gasteiger charge is 2.24. The van der Waals surface area contributed by atoms with E-state index in [0.29, 0.717) is 41.2 Å². The highest BCUT2D eigenvalue weighted by Crippen LogP contribution is 2.40. The molecule has 0 aromatic heterocycles. The fourth-order valence-electron chi connectivity index (χ4n) is 2.48. The van der Waals surface area contributed by atoms with E-state index < -0.39 is 18.0 Å². The van der Waals surface area contributed by atoms with E-state index in [0.717, 1.165) is 0 Å². The van der Waals surface area contributed by atoms with Crippen LogP contribution in [-0.4, -0.2) is 38.3 Å². The molecule has 7 nitrogen and oxygen atoms in total. The van der Waals surface area contributed by atoms with Crippen LogP contribution in [0, 0.1) is 0 Å². The Morgan fingerprint density at radius 1 is 1.19 bits per heavy atom. The summed E-state index contributed by atoms with van der Waals surface area (Å²) in [5.74, 6) is 0.0277. The van der Waals surface area contributed by atoms with Gasteiger partial charge in [0.1, 0.15) is 13.2 Å². The van der Waals surface area contributed by atoms with Gasteiger partial charge in [-0.1, -0.05) is 17.7 Å². The number of ether oxygens (including phenoxy) is 4. The van der Waals surface area contributed by atoms with Crippen molar-refractivity contribution < 1.29 is 28.5 Å². The Morgan fingerprint density at radius 3 is 2.70 bits per heavy atom. The van der Waals surface area contributed by atoms with Gasteiger partial charge in [0.2, 0.25) is 5.75 Å². The van der Waals surface area contributed by atoms with Gasteiger partial charge in [-0.15, -0.1) is 0 Å². The fraction of sp³-hybridized carbons (Fsp3) is 0.263. The van der Waals surface area contributed by atoms with Gasteiger partial charge in [0.25, 0.3) is 5.91 Å². The van der Waals surface area contributed by atoms with Gasteiger partial charge in [0.05, 0.1) is 12.7 Å². The van der Waals surface area contributed by atoms with E-state index in [1.54, 1.807) is 24.3 Å². The van der Waals surface area contributed by atoms with Crippen LogP contribution in [0.3, 0.4) is 0 Å². The summed E-state index contributed by atoms with van der Waals surface area (Å²) in [5, 5.41) is 3.13. The monoisotopic (exact) mass is 391 g/mol. The van der Waals surface area contributed by atoms with Crippen LogP contribution < -0.4 is 19.5 Å². The topological polar surface area (TPSA) is 83.1 Å². The number of carbonyl (C=O) groups is 2. The SMILES string of the molecule is COc1cc(C(=O)O[C@H](C)C(=O)Nc2cccc(Cl)c2)cc2c1OCCO2. The van der Waals surface area contributed by atoms with E-state index in [1.807, 2.05) is 0 Å². The number of benzene rings is 2. The largest absolute Gasteiger partial charge is 0.493 e. The van der Waals surface area contributed by atoms with Crippen LogP contribution in [0.25, 0.3) is 0 Å². The van der Waals surface area contributed by atoms with Crippen LogP contribution in [0.1, 0.15) is 17.3 Å². The molecule has 0 unspecified atom stereocenters. The maximum Gasteiger partial charge on any atom is 0.339 e. The highest BCUT2D eigenvalue weighted by atomic mass is 35.5. The summed E-state index contributed by atoms with van der Waals surface area (Å²) in [4.78, 5) is 24.7. The van der Waals surface area contributed by atoms with Crippen LogP contribution in [0.5, 0.6) is 17.2 Å². The fourth-order valence-corrected chi connectivity index (χ4v) is 2.67. The van der Waals surface area contributed by atoms with Gasteiger partial charge in [0, 0.05) is 10.7 Å². The van der Waals surface area contributed by atoms with E-state index in [2.05, 4.69) is 5.32 Å². The Bertz CT molecular complexity index is 852. The summed E-state index contributed by atoms with van der Waals surface area (Å²) < 4.78 is 21.5. The number of esters is 1. The second kappa shape index (κ2) is 8.18. The second-order valence-electron chi connectivity index (χ2n) is 5.75. The molecule has 2 aromatic rings. The van der Waals surface area contributed by atoms with Crippen molar-refractivity contribution in [3.05, 3.63) is 47.0 Å². The van der Waals surface area contributed by atoms with Crippen LogP contribution in [0.2, 0.25) is 5.02 Å². The lowest BCUT2D eigenvalue weighted by Gasteiger charge is -2.21.